The molecule has 18 N–H and O–H groups in total. The third kappa shape index (κ3) is 38.7. The maximum Gasteiger partial charge on any atom is 0.265 e. The van der Waals surface area contributed by atoms with Gasteiger partial charge in [-0.2, -0.15) is 0 Å². The zero-order valence-electron chi connectivity index (χ0n) is 54.6. The van der Waals surface area contributed by atoms with Crippen LogP contribution < -0.4 is 46.6 Å². The van der Waals surface area contributed by atoms with Gasteiger partial charge in [0.15, 0.2) is 18.9 Å². The van der Waals surface area contributed by atoms with Crippen molar-refractivity contribution in [2.75, 3.05) is 119 Å². The average Bonchev–Trinajstić information content (AvgIpc) is 0.831. The van der Waals surface area contributed by atoms with Crippen LogP contribution in [0.2, 0.25) is 0 Å². The fourth-order valence-electron chi connectivity index (χ4n) is 9.27. The Bertz CT molecular complexity index is 2420. The van der Waals surface area contributed by atoms with Gasteiger partial charge in [-0.15, -0.1) is 0 Å². The minimum Gasteiger partial charge on any atom is -0.756 e. The molecule has 42 nitrogen and oxygen atoms in total. The second kappa shape index (κ2) is 47.0. The average molecular weight is 1500 g/mol. The van der Waals surface area contributed by atoms with E-state index in [1.54, 1.807) is 6.92 Å². The largest absolute Gasteiger partial charge is 0.756 e. The van der Waals surface area contributed by atoms with Gasteiger partial charge >= 0.3 is 0 Å². The van der Waals surface area contributed by atoms with Crippen molar-refractivity contribution < 1.29 is 174 Å². The molecule has 18 unspecified atom stereocenters. The lowest BCUT2D eigenvalue weighted by Gasteiger charge is -2.40. The lowest BCUT2D eigenvalue weighted by molar-refractivity contribution is -0.303. The summed E-state index contributed by atoms with van der Waals surface area (Å²) in [4.78, 5) is 134. The maximum atomic E-state index is 12.6. The highest BCUT2D eigenvalue weighted by atomic mass is 31.2. The number of amides is 6. The van der Waals surface area contributed by atoms with Crippen molar-refractivity contribution in [1.29, 1.82) is 0 Å². The Morgan fingerprint density at radius 3 is 0.859 bits per heavy atom. The summed E-state index contributed by atoms with van der Waals surface area (Å²) in [5, 5.41) is 107. The van der Waals surface area contributed by atoms with Gasteiger partial charge in [-0.3, -0.25) is 42.5 Å². The van der Waals surface area contributed by atoms with Gasteiger partial charge in [0, 0.05) is 89.8 Å². The summed E-state index contributed by atoms with van der Waals surface area (Å²) in [6.07, 6.45) is -22.9. The number of phosphoric acid groups is 3. The Kier molecular flexibility index (Phi) is 42.6. The number of phosphoric ester groups is 3. The van der Waals surface area contributed by atoms with Crippen LogP contribution in [-0.2, 0) is 98.7 Å². The molecule has 3 aliphatic rings. The highest BCUT2D eigenvalue weighted by Crippen LogP contribution is 2.35. The highest BCUT2D eigenvalue weighted by Gasteiger charge is 2.47. The van der Waals surface area contributed by atoms with Crippen LogP contribution >= 0.6 is 23.5 Å². The molecule has 3 rings (SSSR count). The monoisotopic (exact) mass is 1500 g/mol. The summed E-state index contributed by atoms with van der Waals surface area (Å²) in [5.74, 6) is -2.09. The van der Waals surface area contributed by atoms with Crippen LogP contribution in [-0.4, -0.2) is 307 Å². The Labute approximate surface area is 569 Å². The summed E-state index contributed by atoms with van der Waals surface area (Å²) < 4.78 is 95.0. The van der Waals surface area contributed by atoms with Gasteiger partial charge in [0.1, 0.15) is 73.2 Å². The molecule has 0 aromatic rings. The van der Waals surface area contributed by atoms with Crippen molar-refractivity contribution in [3.8, 4) is 0 Å². The first-order valence-electron chi connectivity index (χ1n) is 31.9. The molecule has 0 saturated carbocycles. The van der Waals surface area contributed by atoms with E-state index in [1.165, 1.54) is 0 Å². The van der Waals surface area contributed by atoms with Gasteiger partial charge in [0.25, 0.3) is 23.5 Å². The number of hydrogen-bond acceptors (Lipinski definition) is 33. The molecule has 0 spiro atoms. The first-order chi connectivity index (χ1) is 46.6. The van der Waals surface area contributed by atoms with Crippen molar-refractivity contribution >= 4 is 58.9 Å². The van der Waals surface area contributed by atoms with E-state index in [1.807, 2.05) is 0 Å². The summed E-state index contributed by atoms with van der Waals surface area (Å²) >= 11 is 0. The molecule has 3 fully saturated rings. The lowest BCUT2D eigenvalue weighted by Crippen LogP contribution is -2.59. The number of carbonyl (C=O) groups is 6. The number of unbranched alkanes of at least 4 members (excludes halogenated alkanes) is 1. The van der Waals surface area contributed by atoms with Crippen LogP contribution in [0.1, 0.15) is 90.4 Å². The molecule has 0 aromatic heterocycles. The highest BCUT2D eigenvalue weighted by molar-refractivity contribution is 7.45. The third-order valence-corrected chi connectivity index (χ3v) is 16.1. The molecule has 3 aliphatic heterocycles. The fourth-order valence-corrected chi connectivity index (χ4v) is 10.3. The molecule has 18 atom stereocenters. The minimum atomic E-state index is -5.19. The van der Waals surface area contributed by atoms with Crippen LogP contribution in [0, 0.1) is 5.41 Å². The molecule has 0 radical (unpaired) electrons. The van der Waals surface area contributed by atoms with E-state index in [4.69, 9.17) is 57.3 Å². The van der Waals surface area contributed by atoms with Crippen LogP contribution in [0.3, 0.4) is 0 Å². The van der Waals surface area contributed by atoms with Crippen molar-refractivity contribution in [2.45, 2.75) is 183 Å². The Morgan fingerprint density at radius 2 is 0.596 bits per heavy atom. The Hall–Kier alpha value is -3.57. The summed E-state index contributed by atoms with van der Waals surface area (Å²) in [7, 11) is -15.5. The molecule has 45 heteroatoms. The first kappa shape index (κ1) is 89.6. The van der Waals surface area contributed by atoms with E-state index in [-0.39, 0.29) is 186 Å². The topological polar surface area (TPSA) is 649 Å². The molecule has 6 amide bonds. The SMILES string of the molecule is CC(COCCC(=O)NCCCNC(=O)CCCCOC1OC(COP(=O)([O-])O)C(O)C(O)C1O)(COCCC(=O)NCCCNC(=O)CCCOC1OC(COP(=O)([O-])O)C(O)C(O)C1O)COCCC(=O)NCCCNC(=O)CCCOC1OC(COP(=O)([O-])O)C(O)C(O)C1O. The van der Waals surface area contributed by atoms with Crippen molar-refractivity contribution in [3.63, 3.8) is 0 Å². The maximum absolute atomic E-state index is 12.6. The van der Waals surface area contributed by atoms with Gasteiger partial charge in [-0.25, -0.2) is 0 Å². The number of hydrogen-bond donors (Lipinski definition) is 18. The zero-order chi connectivity index (χ0) is 73.8. The van der Waals surface area contributed by atoms with E-state index in [2.05, 4.69) is 45.5 Å². The van der Waals surface area contributed by atoms with Crippen LogP contribution in [0.4, 0.5) is 0 Å². The van der Waals surface area contributed by atoms with E-state index < -0.39 is 141 Å². The smallest absolute Gasteiger partial charge is 0.265 e. The molecule has 3 heterocycles. The van der Waals surface area contributed by atoms with Crippen molar-refractivity contribution in [3.05, 3.63) is 0 Å². The zero-order valence-corrected chi connectivity index (χ0v) is 57.3. The minimum absolute atomic E-state index is 0.0159. The van der Waals surface area contributed by atoms with Crippen LogP contribution in [0.5, 0.6) is 0 Å². The number of aliphatic hydroxyl groups is 9. The van der Waals surface area contributed by atoms with E-state index in [0.29, 0.717) is 32.1 Å². The molecule has 99 heavy (non-hydrogen) atoms. The predicted octanol–water partition coefficient (Wildman–Crippen LogP) is -9.28. The standard InChI is InChI=1S/C54H101N6O36P3/c1-54(31-86-25-13-40(65)59-19-7-16-56-37(62)10-4-22-89-52-49(74)46(71)43(68)34(95-52)28-92-98(79,80)81,32-87-26-14-41(66)60-20-8-17-57-38(63)11-5-23-90-53-50(75)47(72)44(69)35(96-53)29-93-99(82,83)84)30-85-24-12-39(64)58-18-6-15-55-36(61)9-2-3-21-88-51-48(73)45(70)42(67)33(94-51)27-91-97(76,77)78/h33-35,42-53,67-75H,2-32H2,1H3,(H,55,61)(H,56,62)(H,57,63)(H,58,64)(H,59,65)(H,60,66)(H2,76,77,78)(H2,79,80,81)(H2,82,83,84)/p-3. The molecular weight excluding hydrogens is 1400 g/mol. The predicted molar refractivity (Wildman–Crippen MR) is 324 cm³/mol. The number of aliphatic hydroxyl groups excluding tert-OH is 9. The first-order valence-corrected chi connectivity index (χ1v) is 36.4. The number of rotatable bonds is 52. The van der Waals surface area contributed by atoms with Gasteiger partial charge in [-0.1, -0.05) is 6.92 Å². The van der Waals surface area contributed by atoms with Gasteiger partial charge in [0.05, 0.1) is 72.7 Å². The van der Waals surface area contributed by atoms with E-state index in [9.17, 15) is 103 Å². The van der Waals surface area contributed by atoms with E-state index >= 15 is 0 Å². The second-order valence-electron chi connectivity index (χ2n) is 23.5. The van der Waals surface area contributed by atoms with Crippen LogP contribution in [0.25, 0.3) is 0 Å². The quantitative estimate of drug-likeness (QED) is 0.0199. The van der Waals surface area contributed by atoms with Crippen LogP contribution in [0.15, 0.2) is 0 Å². The Balaban J connectivity index is 1.34. The van der Waals surface area contributed by atoms with Crippen molar-refractivity contribution in [1.82, 2.24) is 31.9 Å². The second-order valence-corrected chi connectivity index (χ2v) is 27.1. The van der Waals surface area contributed by atoms with Gasteiger partial charge in [-0.05, 0) is 44.9 Å². The summed E-state index contributed by atoms with van der Waals surface area (Å²) in [6.45, 7) is 0.0290. The third-order valence-electron chi connectivity index (χ3n) is 14.7. The lowest BCUT2D eigenvalue weighted by atomic mass is 9.94. The number of nitrogens with one attached hydrogen (secondary N) is 6. The van der Waals surface area contributed by atoms with Gasteiger partial charge < -0.3 is 163 Å². The Morgan fingerprint density at radius 1 is 0.354 bits per heavy atom. The normalized spacial score (nSPS) is 28.1. The molecule has 3 saturated heterocycles. The number of carbonyl (C=O) groups excluding carboxylic acids is 6. The fraction of sp³-hybridized carbons (Fsp3) is 0.889. The molecule has 0 aromatic carbocycles. The van der Waals surface area contributed by atoms with Crippen molar-refractivity contribution in [2.24, 2.45) is 5.41 Å². The van der Waals surface area contributed by atoms with E-state index in [0.717, 1.165) is 0 Å². The van der Waals surface area contributed by atoms with Gasteiger partial charge in [0.2, 0.25) is 35.4 Å². The molecule has 578 valence electrons. The summed E-state index contributed by atoms with van der Waals surface area (Å²) in [6, 6.07) is 0. The molecule has 0 aliphatic carbocycles. The number of ether oxygens (including phenoxy) is 9. The summed E-state index contributed by atoms with van der Waals surface area (Å²) in [5.41, 5.74) is -0.855. The molecule has 0 bridgehead atoms. The molecular formula is C54H98N6O36P3-3.